The third-order valence-electron chi connectivity index (χ3n) is 3.14. The molecule has 0 aliphatic carbocycles. The van der Waals surface area contributed by atoms with E-state index in [9.17, 15) is 8.78 Å². The Morgan fingerprint density at radius 2 is 1.25 bits per heavy atom. The predicted molar refractivity (Wildman–Crippen MR) is 83.6 cm³/mol. The minimum Gasteiger partial charge on any atom is -0.299 e. The van der Waals surface area contributed by atoms with E-state index in [2.05, 4.69) is 5.32 Å². The van der Waals surface area contributed by atoms with Gasteiger partial charge in [0.15, 0.2) is 0 Å². The van der Waals surface area contributed by atoms with Crippen LogP contribution in [0, 0.1) is 0 Å². The van der Waals surface area contributed by atoms with Gasteiger partial charge in [0.25, 0.3) is 6.43 Å². The summed E-state index contributed by atoms with van der Waals surface area (Å²) in [5, 5.41) is 3.00. The van der Waals surface area contributed by atoms with Crippen LogP contribution < -0.4 is 5.32 Å². The fourth-order valence-electron chi connectivity index (χ4n) is 2.08. The number of rotatable bonds is 5. The molecule has 1 N–H and O–H groups in total. The van der Waals surface area contributed by atoms with Crippen LogP contribution in [-0.2, 0) is 0 Å². The van der Waals surface area contributed by atoms with E-state index in [-0.39, 0.29) is 19.5 Å². The fraction of sp³-hybridized carbons (Fsp3) is 0.250. The van der Waals surface area contributed by atoms with Crippen LogP contribution in [0.1, 0.15) is 30.1 Å². The van der Waals surface area contributed by atoms with E-state index < -0.39 is 12.5 Å². The average Bonchev–Trinajstić information content (AvgIpc) is 2.46. The van der Waals surface area contributed by atoms with Crippen molar-refractivity contribution in [2.75, 3.05) is 0 Å². The van der Waals surface area contributed by atoms with Gasteiger partial charge in [-0.3, -0.25) is 5.32 Å². The van der Waals surface area contributed by atoms with E-state index in [0.717, 1.165) is 5.56 Å². The zero-order valence-electron chi connectivity index (χ0n) is 11.3. The molecule has 0 radical (unpaired) electrons. The Morgan fingerprint density at radius 1 is 0.800 bits per heavy atom. The maximum Gasteiger partial charge on any atom is 0.257 e. The first-order chi connectivity index (χ1) is 9.18. The van der Waals surface area contributed by atoms with Crippen LogP contribution in [-0.4, -0.2) is 6.43 Å². The molecule has 0 aromatic heterocycles. The summed E-state index contributed by atoms with van der Waals surface area (Å²) >= 11 is 0. The van der Waals surface area contributed by atoms with Crippen LogP contribution >= 0.6 is 13.5 Å². The van der Waals surface area contributed by atoms with Crippen molar-refractivity contribution < 1.29 is 8.78 Å². The summed E-state index contributed by atoms with van der Waals surface area (Å²) < 4.78 is 26.4. The van der Waals surface area contributed by atoms with Crippen molar-refractivity contribution in [1.29, 1.82) is 0 Å². The van der Waals surface area contributed by atoms with E-state index in [1.165, 1.54) is 0 Å². The summed E-state index contributed by atoms with van der Waals surface area (Å²) in [6.07, 6.45) is -2.44. The Kier molecular flexibility index (Phi) is 6.68. The Labute approximate surface area is 125 Å². The molecule has 2 aromatic rings. The van der Waals surface area contributed by atoms with Crippen molar-refractivity contribution in [3.63, 3.8) is 0 Å². The Balaban J connectivity index is 0.00000200. The first-order valence-electron chi connectivity index (χ1n) is 6.32. The molecule has 0 aliphatic heterocycles. The SMILES string of the molecule is C[C@H](NC(c1ccccc1)C(F)F)c1ccccc1.S. The van der Waals surface area contributed by atoms with Gasteiger partial charge in [-0.25, -0.2) is 8.78 Å². The van der Waals surface area contributed by atoms with Gasteiger partial charge in [-0.2, -0.15) is 13.5 Å². The normalized spacial score (nSPS) is 13.6. The molecule has 0 spiro atoms. The van der Waals surface area contributed by atoms with Gasteiger partial charge in [-0.1, -0.05) is 60.7 Å². The molecule has 1 unspecified atom stereocenters. The maximum atomic E-state index is 13.2. The van der Waals surface area contributed by atoms with Crippen LogP contribution in [0.25, 0.3) is 0 Å². The summed E-state index contributed by atoms with van der Waals surface area (Å²) in [7, 11) is 0. The summed E-state index contributed by atoms with van der Waals surface area (Å²) in [6.45, 7) is 1.90. The maximum absolute atomic E-state index is 13.2. The molecule has 0 heterocycles. The molecule has 0 bridgehead atoms. The van der Waals surface area contributed by atoms with Crippen molar-refractivity contribution in [2.45, 2.75) is 25.4 Å². The van der Waals surface area contributed by atoms with Gasteiger partial charge in [0.2, 0.25) is 0 Å². The lowest BCUT2D eigenvalue weighted by atomic mass is 10.0. The summed E-state index contributed by atoms with van der Waals surface area (Å²) in [4.78, 5) is 0. The zero-order valence-corrected chi connectivity index (χ0v) is 12.3. The van der Waals surface area contributed by atoms with E-state index in [0.29, 0.717) is 5.56 Å². The van der Waals surface area contributed by atoms with Crippen molar-refractivity contribution >= 4 is 13.5 Å². The highest BCUT2D eigenvalue weighted by molar-refractivity contribution is 7.59. The molecule has 0 fully saturated rings. The number of benzene rings is 2. The highest BCUT2D eigenvalue weighted by Crippen LogP contribution is 2.24. The lowest BCUT2D eigenvalue weighted by molar-refractivity contribution is 0.0930. The Bertz CT molecular complexity index is 490. The molecule has 2 rings (SSSR count). The molecule has 2 aromatic carbocycles. The molecule has 0 saturated heterocycles. The second-order valence-electron chi connectivity index (χ2n) is 4.52. The fourth-order valence-corrected chi connectivity index (χ4v) is 2.08. The van der Waals surface area contributed by atoms with Crippen molar-refractivity contribution in [3.8, 4) is 0 Å². The van der Waals surface area contributed by atoms with Gasteiger partial charge in [0, 0.05) is 6.04 Å². The molecular formula is C16H19F2NS. The molecule has 0 aliphatic rings. The van der Waals surface area contributed by atoms with Crippen LogP contribution in [0.15, 0.2) is 60.7 Å². The number of nitrogens with one attached hydrogen (secondary N) is 1. The van der Waals surface area contributed by atoms with E-state index in [4.69, 9.17) is 0 Å². The van der Waals surface area contributed by atoms with Gasteiger partial charge in [-0.05, 0) is 18.1 Å². The lowest BCUT2D eigenvalue weighted by Gasteiger charge is -2.23. The molecule has 108 valence electrons. The smallest absolute Gasteiger partial charge is 0.257 e. The minimum absolute atomic E-state index is 0. The van der Waals surface area contributed by atoms with Crippen molar-refractivity contribution in [1.82, 2.24) is 5.32 Å². The first kappa shape index (κ1) is 16.7. The summed E-state index contributed by atoms with van der Waals surface area (Å²) in [5.41, 5.74) is 1.62. The molecule has 20 heavy (non-hydrogen) atoms. The molecule has 1 nitrogen and oxygen atoms in total. The Morgan fingerprint density at radius 3 is 1.70 bits per heavy atom. The number of hydrogen-bond donors (Lipinski definition) is 1. The van der Waals surface area contributed by atoms with Crippen LogP contribution in [0.2, 0.25) is 0 Å². The van der Waals surface area contributed by atoms with E-state index >= 15 is 0 Å². The van der Waals surface area contributed by atoms with Crippen molar-refractivity contribution in [3.05, 3.63) is 71.8 Å². The quantitative estimate of drug-likeness (QED) is 0.859. The largest absolute Gasteiger partial charge is 0.299 e. The first-order valence-corrected chi connectivity index (χ1v) is 6.32. The topological polar surface area (TPSA) is 12.0 Å². The number of halogens is 2. The van der Waals surface area contributed by atoms with Crippen molar-refractivity contribution in [2.24, 2.45) is 0 Å². The number of hydrogen-bond acceptors (Lipinski definition) is 1. The predicted octanol–water partition coefficient (Wildman–Crippen LogP) is 4.46. The highest BCUT2D eigenvalue weighted by Gasteiger charge is 2.23. The van der Waals surface area contributed by atoms with Gasteiger partial charge < -0.3 is 0 Å². The Hall–Kier alpha value is -1.39. The van der Waals surface area contributed by atoms with Gasteiger partial charge in [-0.15, -0.1) is 0 Å². The standard InChI is InChI=1S/C16H17F2N.H2S/c1-12(13-8-4-2-5-9-13)19-15(16(17)18)14-10-6-3-7-11-14;/h2-12,15-16,19H,1H3;1H2/t12-,15?;/m0./s1. The van der Waals surface area contributed by atoms with Gasteiger partial charge >= 0.3 is 0 Å². The lowest BCUT2D eigenvalue weighted by Crippen LogP contribution is -2.29. The minimum atomic E-state index is -2.44. The van der Waals surface area contributed by atoms with Gasteiger partial charge in [0.05, 0.1) is 6.04 Å². The summed E-state index contributed by atoms with van der Waals surface area (Å²) in [6, 6.07) is 17.4. The van der Waals surface area contributed by atoms with Crippen LogP contribution in [0.3, 0.4) is 0 Å². The highest BCUT2D eigenvalue weighted by atomic mass is 32.1. The molecule has 0 saturated carbocycles. The second-order valence-corrected chi connectivity index (χ2v) is 4.52. The third-order valence-corrected chi connectivity index (χ3v) is 3.14. The second kappa shape index (κ2) is 8.02. The van der Waals surface area contributed by atoms with Crippen LogP contribution in [0.5, 0.6) is 0 Å². The number of alkyl halides is 2. The summed E-state index contributed by atoms with van der Waals surface area (Å²) in [5.74, 6) is 0. The third kappa shape index (κ3) is 4.32. The molecular weight excluding hydrogens is 276 g/mol. The monoisotopic (exact) mass is 295 g/mol. The molecule has 0 amide bonds. The van der Waals surface area contributed by atoms with E-state index in [1.54, 1.807) is 24.3 Å². The zero-order chi connectivity index (χ0) is 13.7. The van der Waals surface area contributed by atoms with Gasteiger partial charge in [0.1, 0.15) is 0 Å². The molecule has 2 atom stereocenters. The molecule has 4 heteroatoms. The van der Waals surface area contributed by atoms with E-state index in [1.807, 2.05) is 43.3 Å². The van der Waals surface area contributed by atoms with Crippen LogP contribution in [0.4, 0.5) is 8.78 Å². The average molecular weight is 295 g/mol.